The Kier molecular flexibility index (Phi) is 4.36. The van der Waals surface area contributed by atoms with E-state index in [2.05, 4.69) is 50.4 Å². The van der Waals surface area contributed by atoms with Crippen molar-refractivity contribution in [1.29, 1.82) is 0 Å². The summed E-state index contributed by atoms with van der Waals surface area (Å²) in [5, 5.41) is 3.25. The third-order valence-corrected chi connectivity index (χ3v) is 3.77. The average Bonchev–Trinajstić information content (AvgIpc) is 2.42. The fraction of sp³-hybridized carbons (Fsp3) is 0.368. The first kappa shape index (κ1) is 15.6. The highest BCUT2D eigenvalue weighted by Crippen LogP contribution is 2.26. The molecule has 2 heteroatoms. The van der Waals surface area contributed by atoms with E-state index >= 15 is 0 Å². The van der Waals surface area contributed by atoms with Crippen molar-refractivity contribution >= 4 is 5.69 Å². The molecule has 0 amide bonds. The maximum absolute atomic E-state index is 13.8. The van der Waals surface area contributed by atoms with E-state index in [9.17, 15) is 4.39 Å². The molecule has 2 aromatic rings. The average molecular weight is 285 g/mol. The number of hydrogen-bond donors (Lipinski definition) is 1. The van der Waals surface area contributed by atoms with Crippen molar-refractivity contribution in [3.63, 3.8) is 0 Å². The number of nitrogens with one attached hydrogen (secondary N) is 1. The van der Waals surface area contributed by atoms with Crippen molar-refractivity contribution in [2.75, 3.05) is 5.32 Å². The molecule has 0 aliphatic carbocycles. The molecule has 2 rings (SSSR count). The molecule has 21 heavy (non-hydrogen) atoms. The zero-order chi connectivity index (χ0) is 15.6. The first-order chi connectivity index (χ1) is 9.77. The van der Waals surface area contributed by atoms with Gasteiger partial charge in [0.05, 0.1) is 5.69 Å². The molecule has 1 nitrogen and oxygen atoms in total. The van der Waals surface area contributed by atoms with E-state index in [1.165, 1.54) is 11.6 Å². The summed E-state index contributed by atoms with van der Waals surface area (Å²) in [6.45, 7) is 10.6. The monoisotopic (exact) mass is 285 g/mol. The van der Waals surface area contributed by atoms with E-state index in [1.54, 1.807) is 6.07 Å². The summed E-state index contributed by atoms with van der Waals surface area (Å²) >= 11 is 0. The van der Waals surface area contributed by atoms with Gasteiger partial charge in [-0.25, -0.2) is 4.39 Å². The van der Waals surface area contributed by atoms with E-state index < -0.39 is 0 Å². The van der Waals surface area contributed by atoms with Crippen LogP contribution in [-0.2, 0) is 5.41 Å². The van der Waals surface area contributed by atoms with Crippen LogP contribution in [0.2, 0.25) is 0 Å². The molecule has 1 N–H and O–H groups in total. The fourth-order valence-electron chi connectivity index (χ4n) is 2.34. The molecule has 0 saturated carbocycles. The SMILES string of the molecule is Cc1ccc(F)c(NC(C)c2ccc(C(C)(C)C)cc2)c1. The molecule has 0 radical (unpaired) electrons. The van der Waals surface area contributed by atoms with Crippen molar-refractivity contribution in [2.24, 2.45) is 0 Å². The highest BCUT2D eigenvalue weighted by molar-refractivity contribution is 5.49. The fourth-order valence-corrected chi connectivity index (χ4v) is 2.34. The molecule has 0 aliphatic rings. The maximum atomic E-state index is 13.8. The largest absolute Gasteiger partial charge is 0.376 e. The molecular weight excluding hydrogens is 261 g/mol. The van der Waals surface area contributed by atoms with E-state index in [1.807, 2.05) is 19.9 Å². The lowest BCUT2D eigenvalue weighted by Gasteiger charge is -2.21. The van der Waals surface area contributed by atoms with Gasteiger partial charge in [0, 0.05) is 6.04 Å². The number of hydrogen-bond acceptors (Lipinski definition) is 1. The second-order valence-corrected chi connectivity index (χ2v) is 6.72. The number of rotatable bonds is 3. The Morgan fingerprint density at radius 2 is 1.62 bits per heavy atom. The van der Waals surface area contributed by atoms with Crippen LogP contribution in [0.3, 0.4) is 0 Å². The highest BCUT2D eigenvalue weighted by Gasteiger charge is 2.14. The molecule has 1 unspecified atom stereocenters. The Hall–Kier alpha value is -1.83. The molecule has 112 valence electrons. The quantitative estimate of drug-likeness (QED) is 0.773. The van der Waals surface area contributed by atoms with E-state index in [0.717, 1.165) is 11.1 Å². The lowest BCUT2D eigenvalue weighted by Crippen LogP contribution is -2.12. The zero-order valence-corrected chi connectivity index (χ0v) is 13.5. The minimum Gasteiger partial charge on any atom is -0.376 e. The second-order valence-electron chi connectivity index (χ2n) is 6.72. The van der Waals surface area contributed by atoms with Gasteiger partial charge in [-0.05, 0) is 48.1 Å². The topological polar surface area (TPSA) is 12.0 Å². The summed E-state index contributed by atoms with van der Waals surface area (Å²) in [6.07, 6.45) is 0. The maximum Gasteiger partial charge on any atom is 0.146 e. The Morgan fingerprint density at radius 3 is 2.19 bits per heavy atom. The molecule has 0 heterocycles. The number of benzene rings is 2. The molecule has 0 spiro atoms. The molecule has 1 atom stereocenters. The predicted octanol–water partition coefficient (Wildman–Crippen LogP) is 5.60. The van der Waals surface area contributed by atoms with Crippen LogP contribution in [0.15, 0.2) is 42.5 Å². The van der Waals surface area contributed by atoms with Gasteiger partial charge in [0.2, 0.25) is 0 Å². The number of halogens is 1. The molecule has 2 aromatic carbocycles. The smallest absolute Gasteiger partial charge is 0.146 e. The Labute approximate surface area is 127 Å². The first-order valence-electron chi connectivity index (χ1n) is 7.40. The molecule has 0 aliphatic heterocycles. The summed E-state index contributed by atoms with van der Waals surface area (Å²) in [7, 11) is 0. The van der Waals surface area contributed by atoms with Crippen LogP contribution in [0.1, 0.15) is 50.4 Å². The molecule has 0 bridgehead atoms. The van der Waals surface area contributed by atoms with Crippen LogP contribution >= 0.6 is 0 Å². The van der Waals surface area contributed by atoms with Gasteiger partial charge in [0.15, 0.2) is 0 Å². The van der Waals surface area contributed by atoms with Crippen LogP contribution in [-0.4, -0.2) is 0 Å². The van der Waals surface area contributed by atoms with Gasteiger partial charge in [0.1, 0.15) is 5.82 Å². The van der Waals surface area contributed by atoms with Gasteiger partial charge in [-0.3, -0.25) is 0 Å². The van der Waals surface area contributed by atoms with Gasteiger partial charge >= 0.3 is 0 Å². The van der Waals surface area contributed by atoms with Crippen molar-refractivity contribution in [3.8, 4) is 0 Å². The second kappa shape index (κ2) is 5.88. The molecule has 0 aromatic heterocycles. The van der Waals surface area contributed by atoms with Gasteiger partial charge in [-0.15, -0.1) is 0 Å². The van der Waals surface area contributed by atoms with Crippen molar-refractivity contribution < 1.29 is 4.39 Å². The van der Waals surface area contributed by atoms with E-state index in [4.69, 9.17) is 0 Å². The summed E-state index contributed by atoms with van der Waals surface area (Å²) in [4.78, 5) is 0. The molecular formula is C19H24FN. The van der Waals surface area contributed by atoms with Crippen LogP contribution < -0.4 is 5.32 Å². The Balaban J connectivity index is 2.17. The zero-order valence-electron chi connectivity index (χ0n) is 13.5. The lowest BCUT2D eigenvalue weighted by atomic mass is 9.86. The van der Waals surface area contributed by atoms with Crippen LogP contribution in [0, 0.1) is 12.7 Å². The molecule has 0 saturated heterocycles. The Bertz CT molecular complexity index is 608. The van der Waals surface area contributed by atoms with Crippen molar-refractivity contribution in [3.05, 3.63) is 65.0 Å². The van der Waals surface area contributed by atoms with Crippen LogP contribution in [0.5, 0.6) is 0 Å². The summed E-state index contributed by atoms with van der Waals surface area (Å²) < 4.78 is 13.8. The third kappa shape index (κ3) is 3.84. The Morgan fingerprint density at radius 1 is 1.00 bits per heavy atom. The van der Waals surface area contributed by atoms with Crippen molar-refractivity contribution in [2.45, 2.75) is 46.1 Å². The van der Waals surface area contributed by atoms with E-state index in [0.29, 0.717) is 5.69 Å². The molecule has 0 fully saturated rings. The van der Waals surface area contributed by atoms with Gasteiger partial charge in [-0.2, -0.15) is 0 Å². The summed E-state index contributed by atoms with van der Waals surface area (Å²) in [5.41, 5.74) is 4.22. The number of anilines is 1. The van der Waals surface area contributed by atoms with Gasteiger partial charge < -0.3 is 5.32 Å². The van der Waals surface area contributed by atoms with Crippen LogP contribution in [0.25, 0.3) is 0 Å². The van der Waals surface area contributed by atoms with Crippen molar-refractivity contribution in [1.82, 2.24) is 0 Å². The minimum atomic E-state index is -0.209. The normalized spacial score (nSPS) is 13.0. The highest BCUT2D eigenvalue weighted by atomic mass is 19.1. The standard InChI is InChI=1S/C19H24FN/c1-13-6-11-17(20)18(12-13)21-14(2)15-7-9-16(10-8-15)19(3,4)5/h6-12,14,21H,1-5H3. The third-order valence-electron chi connectivity index (χ3n) is 3.77. The minimum absolute atomic E-state index is 0.0651. The lowest BCUT2D eigenvalue weighted by molar-refractivity contribution is 0.589. The first-order valence-corrected chi connectivity index (χ1v) is 7.40. The number of aryl methyl sites for hydroxylation is 1. The summed E-state index contributed by atoms with van der Waals surface area (Å²) in [6, 6.07) is 13.7. The van der Waals surface area contributed by atoms with E-state index in [-0.39, 0.29) is 17.3 Å². The van der Waals surface area contributed by atoms with Gasteiger partial charge in [0.25, 0.3) is 0 Å². The van der Waals surface area contributed by atoms with Gasteiger partial charge in [-0.1, -0.05) is 51.1 Å². The van der Waals surface area contributed by atoms with Crippen LogP contribution in [0.4, 0.5) is 10.1 Å². The predicted molar refractivity (Wildman–Crippen MR) is 88.3 cm³/mol. The summed E-state index contributed by atoms with van der Waals surface area (Å²) in [5.74, 6) is -0.209.